The number of carbonyl (C=O) groups is 1. The van der Waals surface area contributed by atoms with Gasteiger partial charge in [-0.15, -0.1) is 0 Å². The van der Waals surface area contributed by atoms with Gasteiger partial charge in [-0.1, -0.05) is 24.3 Å². The van der Waals surface area contributed by atoms with Gasteiger partial charge in [-0.25, -0.2) is 0 Å². The van der Waals surface area contributed by atoms with Crippen molar-refractivity contribution in [1.82, 2.24) is 0 Å². The number of hydrogen-bond donors (Lipinski definition) is 1. The second kappa shape index (κ2) is 4.91. The largest absolute Gasteiger partial charge is 0.490 e. The van der Waals surface area contributed by atoms with Crippen LogP contribution < -0.4 is 15.0 Å². The van der Waals surface area contributed by atoms with Crippen molar-refractivity contribution in [3.63, 3.8) is 0 Å². The Bertz CT molecular complexity index is 795. The van der Waals surface area contributed by atoms with Crippen molar-refractivity contribution < 1.29 is 9.53 Å². The standard InChI is InChI=1S/C18H16N2O2/c1-20-8-9-22-17-11-12(6-7-16(17)20)10-14-13-4-2-3-5-15(13)19-18(14)21/h2-7,10-11H,8-9H2,1H3,(H,19,21)/b14-10+. The fraction of sp³-hybridized carbons (Fsp3) is 0.167. The van der Waals surface area contributed by atoms with Crippen LogP contribution in [0.4, 0.5) is 11.4 Å². The SMILES string of the molecule is CN1CCOc2cc(/C=C3/C(=O)Nc4ccccc43)ccc21. The Morgan fingerprint density at radius 3 is 3.00 bits per heavy atom. The Balaban J connectivity index is 1.76. The van der Waals surface area contributed by atoms with Crippen LogP contribution in [0.25, 0.3) is 11.6 Å². The van der Waals surface area contributed by atoms with Gasteiger partial charge in [-0.3, -0.25) is 4.79 Å². The van der Waals surface area contributed by atoms with E-state index in [2.05, 4.69) is 17.3 Å². The summed E-state index contributed by atoms with van der Waals surface area (Å²) in [6.45, 7) is 1.58. The molecule has 0 radical (unpaired) electrons. The highest BCUT2D eigenvalue weighted by atomic mass is 16.5. The molecule has 0 atom stereocenters. The third kappa shape index (κ3) is 2.04. The molecule has 2 aromatic rings. The number of fused-ring (bicyclic) bond motifs is 2. The zero-order valence-corrected chi connectivity index (χ0v) is 12.3. The predicted octanol–water partition coefficient (Wildman–Crippen LogP) is 3.01. The Labute approximate surface area is 129 Å². The van der Waals surface area contributed by atoms with Gasteiger partial charge in [0.15, 0.2) is 0 Å². The van der Waals surface area contributed by atoms with E-state index in [1.807, 2.05) is 48.5 Å². The topological polar surface area (TPSA) is 41.6 Å². The van der Waals surface area contributed by atoms with Gasteiger partial charge < -0.3 is 15.0 Å². The van der Waals surface area contributed by atoms with Crippen molar-refractivity contribution in [3.8, 4) is 5.75 Å². The van der Waals surface area contributed by atoms with Crippen LogP contribution in [0.1, 0.15) is 11.1 Å². The molecule has 0 saturated carbocycles. The van der Waals surface area contributed by atoms with Crippen LogP contribution in [-0.2, 0) is 4.79 Å². The first-order chi connectivity index (χ1) is 10.7. The number of likely N-dealkylation sites (N-methyl/N-ethyl adjacent to an activating group) is 1. The van der Waals surface area contributed by atoms with Crippen LogP contribution in [0.15, 0.2) is 42.5 Å². The molecule has 2 aromatic carbocycles. The van der Waals surface area contributed by atoms with Gasteiger partial charge in [-0.2, -0.15) is 0 Å². The maximum absolute atomic E-state index is 12.2. The molecule has 0 fully saturated rings. The van der Waals surface area contributed by atoms with Crippen LogP contribution in [0.3, 0.4) is 0 Å². The number of rotatable bonds is 1. The quantitative estimate of drug-likeness (QED) is 0.822. The van der Waals surface area contributed by atoms with Crippen LogP contribution in [0.5, 0.6) is 5.75 Å². The number of para-hydroxylation sites is 1. The summed E-state index contributed by atoms with van der Waals surface area (Å²) in [5, 5.41) is 2.89. The molecule has 0 aromatic heterocycles. The number of ether oxygens (including phenoxy) is 1. The lowest BCUT2D eigenvalue weighted by atomic mass is 10.0. The summed E-state index contributed by atoms with van der Waals surface area (Å²) in [5.74, 6) is 0.812. The fourth-order valence-corrected chi connectivity index (χ4v) is 2.91. The Morgan fingerprint density at radius 1 is 1.23 bits per heavy atom. The van der Waals surface area contributed by atoms with Crippen molar-refractivity contribution in [2.75, 3.05) is 30.4 Å². The predicted molar refractivity (Wildman–Crippen MR) is 88.1 cm³/mol. The highest BCUT2D eigenvalue weighted by molar-refractivity contribution is 6.34. The van der Waals surface area contributed by atoms with E-state index in [0.29, 0.717) is 12.2 Å². The van der Waals surface area contributed by atoms with Gasteiger partial charge in [0.1, 0.15) is 12.4 Å². The molecule has 1 amide bonds. The number of nitrogens with one attached hydrogen (secondary N) is 1. The molecular weight excluding hydrogens is 276 g/mol. The first kappa shape index (κ1) is 13.0. The van der Waals surface area contributed by atoms with Gasteiger partial charge >= 0.3 is 0 Å². The van der Waals surface area contributed by atoms with Crippen molar-refractivity contribution in [1.29, 1.82) is 0 Å². The van der Waals surface area contributed by atoms with E-state index in [1.54, 1.807) is 0 Å². The summed E-state index contributed by atoms with van der Waals surface area (Å²) in [6, 6.07) is 13.8. The number of nitrogens with zero attached hydrogens (tertiary/aromatic N) is 1. The summed E-state index contributed by atoms with van der Waals surface area (Å²) in [6.07, 6.45) is 1.92. The zero-order valence-electron chi connectivity index (χ0n) is 12.3. The minimum Gasteiger partial charge on any atom is -0.490 e. The van der Waals surface area contributed by atoms with Gasteiger partial charge in [0.2, 0.25) is 0 Å². The van der Waals surface area contributed by atoms with Crippen molar-refractivity contribution in [3.05, 3.63) is 53.6 Å². The molecular formula is C18H16N2O2. The van der Waals surface area contributed by atoms with E-state index < -0.39 is 0 Å². The minimum absolute atomic E-state index is 0.0584. The molecule has 110 valence electrons. The summed E-state index contributed by atoms with van der Waals surface area (Å²) in [7, 11) is 2.06. The molecule has 2 aliphatic rings. The van der Waals surface area contributed by atoms with Gasteiger partial charge in [0, 0.05) is 23.9 Å². The van der Waals surface area contributed by atoms with Crippen molar-refractivity contribution >= 4 is 28.9 Å². The monoisotopic (exact) mass is 292 g/mol. The number of hydrogen-bond acceptors (Lipinski definition) is 3. The van der Waals surface area contributed by atoms with Crippen LogP contribution in [-0.4, -0.2) is 26.1 Å². The minimum atomic E-state index is -0.0584. The van der Waals surface area contributed by atoms with E-state index in [0.717, 1.165) is 34.8 Å². The summed E-state index contributed by atoms with van der Waals surface area (Å²) in [5.41, 5.74) is 4.57. The average molecular weight is 292 g/mol. The maximum Gasteiger partial charge on any atom is 0.256 e. The lowest BCUT2D eigenvalue weighted by molar-refractivity contribution is -0.110. The van der Waals surface area contributed by atoms with E-state index >= 15 is 0 Å². The van der Waals surface area contributed by atoms with Gasteiger partial charge in [0.25, 0.3) is 5.91 Å². The second-order valence-corrected chi connectivity index (χ2v) is 5.55. The Hall–Kier alpha value is -2.75. The first-order valence-electron chi connectivity index (χ1n) is 7.33. The van der Waals surface area contributed by atoms with Crippen molar-refractivity contribution in [2.45, 2.75) is 0 Å². The van der Waals surface area contributed by atoms with Gasteiger partial charge in [-0.05, 0) is 29.8 Å². The molecule has 4 nitrogen and oxygen atoms in total. The van der Waals surface area contributed by atoms with E-state index in [9.17, 15) is 4.79 Å². The third-order valence-corrected chi connectivity index (χ3v) is 4.10. The number of carbonyl (C=O) groups excluding carboxylic acids is 1. The third-order valence-electron chi connectivity index (χ3n) is 4.10. The van der Waals surface area contributed by atoms with Crippen molar-refractivity contribution in [2.24, 2.45) is 0 Å². The molecule has 2 aliphatic heterocycles. The van der Waals surface area contributed by atoms with Crippen LogP contribution in [0.2, 0.25) is 0 Å². The highest BCUT2D eigenvalue weighted by Crippen LogP contribution is 2.35. The molecule has 0 aliphatic carbocycles. The summed E-state index contributed by atoms with van der Waals surface area (Å²) >= 11 is 0. The first-order valence-corrected chi connectivity index (χ1v) is 7.33. The molecule has 4 rings (SSSR count). The Morgan fingerprint density at radius 2 is 2.09 bits per heavy atom. The second-order valence-electron chi connectivity index (χ2n) is 5.55. The maximum atomic E-state index is 12.2. The molecule has 0 bridgehead atoms. The average Bonchev–Trinajstić information content (AvgIpc) is 2.84. The highest BCUT2D eigenvalue weighted by Gasteiger charge is 2.23. The molecule has 0 unspecified atom stereocenters. The smallest absolute Gasteiger partial charge is 0.256 e. The van der Waals surface area contributed by atoms with Crippen LogP contribution in [0, 0.1) is 0 Å². The van der Waals surface area contributed by atoms with E-state index in [4.69, 9.17) is 4.74 Å². The molecule has 4 heteroatoms. The normalized spacial score (nSPS) is 17.8. The fourth-order valence-electron chi connectivity index (χ4n) is 2.91. The molecule has 1 N–H and O–H groups in total. The summed E-state index contributed by atoms with van der Waals surface area (Å²) < 4.78 is 5.72. The Kier molecular flexibility index (Phi) is 2.89. The zero-order chi connectivity index (χ0) is 15.1. The number of anilines is 2. The summed E-state index contributed by atoms with van der Waals surface area (Å²) in [4.78, 5) is 14.3. The van der Waals surface area contributed by atoms with E-state index in [-0.39, 0.29) is 5.91 Å². The molecule has 2 heterocycles. The van der Waals surface area contributed by atoms with Gasteiger partial charge in [0.05, 0.1) is 12.2 Å². The van der Waals surface area contributed by atoms with Crippen LogP contribution >= 0.6 is 0 Å². The molecule has 0 spiro atoms. The van der Waals surface area contributed by atoms with E-state index in [1.165, 1.54) is 0 Å². The number of amides is 1. The molecule has 22 heavy (non-hydrogen) atoms. The molecule has 0 saturated heterocycles. The lowest BCUT2D eigenvalue weighted by Crippen LogP contribution is -2.28. The lowest BCUT2D eigenvalue weighted by Gasteiger charge is -2.27. The number of benzene rings is 2.